The summed E-state index contributed by atoms with van der Waals surface area (Å²) >= 11 is 0. The van der Waals surface area contributed by atoms with Crippen LogP contribution in [0.25, 0.3) is 0 Å². The SMILES string of the molecule is CCCC(CC)c1cc(C)nc(Oc2c(C)cc(C)cc2C)c1C.NN. The van der Waals surface area contributed by atoms with E-state index in [2.05, 4.69) is 83.3 Å². The number of rotatable bonds is 6. The van der Waals surface area contributed by atoms with Gasteiger partial charge in [-0.1, -0.05) is 38.0 Å². The molecule has 0 aliphatic carbocycles. The lowest BCUT2D eigenvalue weighted by Gasteiger charge is -2.21. The van der Waals surface area contributed by atoms with E-state index >= 15 is 0 Å². The van der Waals surface area contributed by atoms with Crippen LogP contribution in [0.1, 0.15) is 72.5 Å². The second kappa shape index (κ2) is 10.3. The first kappa shape index (κ1) is 22.1. The number of hydrogen-bond donors (Lipinski definition) is 2. The molecular formula is C22H35N3O. The molecule has 0 fully saturated rings. The molecule has 144 valence electrons. The molecule has 0 amide bonds. The number of pyridine rings is 1. The predicted octanol–water partition coefficient (Wildman–Crippen LogP) is 5.53. The lowest BCUT2D eigenvalue weighted by atomic mass is 9.89. The smallest absolute Gasteiger partial charge is 0.222 e. The quantitative estimate of drug-likeness (QED) is 0.526. The van der Waals surface area contributed by atoms with E-state index in [9.17, 15) is 0 Å². The van der Waals surface area contributed by atoms with Gasteiger partial charge in [-0.15, -0.1) is 0 Å². The summed E-state index contributed by atoms with van der Waals surface area (Å²) in [6, 6.07) is 6.57. The normalized spacial score (nSPS) is 11.6. The van der Waals surface area contributed by atoms with E-state index in [-0.39, 0.29) is 0 Å². The van der Waals surface area contributed by atoms with Crippen LogP contribution in [-0.4, -0.2) is 4.98 Å². The number of nitrogens with zero attached hydrogens (tertiary/aromatic N) is 1. The topological polar surface area (TPSA) is 74.2 Å². The Morgan fingerprint density at radius 1 is 0.962 bits per heavy atom. The molecule has 0 spiro atoms. The van der Waals surface area contributed by atoms with Crippen LogP contribution in [0.3, 0.4) is 0 Å². The fraction of sp³-hybridized carbons (Fsp3) is 0.500. The molecule has 26 heavy (non-hydrogen) atoms. The van der Waals surface area contributed by atoms with Gasteiger partial charge in [-0.3, -0.25) is 11.7 Å². The van der Waals surface area contributed by atoms with Crippen LogP contribution in [0.5, 0.6) is 11.6 Å². The summed E-state index contributed by atoms with van der Waals surface area (Å²) in [6.45, 7) is 15.1. The Kier molecular flexibility index (Phi) is 8.76. The minimum atomic E-state index is 0.583. The Morgan fingerprint density at radius 3 is 2.04 bits per heavy atom. The van der Waals surface area contributed by atoms with Gasteiger partial charge < -0.3 is 4.74 Å². The second-order valence-corrected chi connectivity index (χ2v) is 7.01. The summed E-state index contributed by atoms with van der Waals surface area (Å²) < 4.78 is 6.31. The molecule has 0 aliphatic heterocycles. The molecule has 2 aromatic rings. The van der Waals surface area contributed by atoms with E-state index in [1.807, 2.05) is 0 Å². The van der Waals surface area contributed by atoms with Crippen LogP contribution in [0.2, 0.25) is 0 Å². The lowest BCUT2D eigenvalue weighted by molar-refractivity contribution is 0.447. The van der Waals surface area contributed by atoms with E-state index < -0.39 is 0 Å². The molecule has 1 unspecified atom stereocenters. The molecule has 4 heteroatoms. The number of aromatic nitrogens is 1. The first-order valence-corrected chi connectivity index (χ1v) is 9.44. The highest BCUT2D eigenvalue weighted by molar-refractivity contribution is 5.47. The summed E-state index contributed by atoms with van der Waals surface area (Å²) in [6.07, 6.45) is 3.56. The Labute approximate surface area is 158 Å². The molecule has 4 nitrogen and oxygen atoms in total. The van der Waals surface area contributed by atoms with E-state index in [4.69, 9.17) is 4.74 Å². The van der Waals surface area contributed by atoms with Crippen molar-refractivity contribution in [2.75, 3.05) is 0 Å². The standard InChI is InChI=1S/C22H31NO.H4N2/c1-8-10-19(9-2)20-13-17(6)23-22(18(20)7)24-21-15(4)11-14(3)12-16(21)5;1-2/h11-13,19H,8-10H2,1-7H3;1-2H2. The zero-order valence-electron chi connectivity index (χ0n) is 17.4. The molecule has 0 aliphatic rings. The Bertz CT molecular complexity index is 703. The molecule has 2 rings (SSSR count). The molecule has 1 heterocycles. The van der Waals surface area contributed by atoms with Gasteiger partial charge in [0.15, 0.2) is 0 Å². The third-order valence-electron chi connectivity index (χ3n) is 4.77. The monoisotopic (exact) mass is 357 g/mol. The molecule has 0 radical (unpaired) electrons. The zero-order valence-corrected chi connectivity index (χ0v) is 17.4. The van der Waals surface area contributed by atoms with E-state index in [1.54, 1.807) is 0 Å². The third kappa shape index (κ3) is 5.29. The molecule has 1 atom stereocenters. The van der Waals surface area contributed by atoms with Crippen LogP contribution in [-0.2, 0) is 0 Å². The molecule has 0 bridgehead atoms. The number of ether oxygens (including phenoxy) is 1. The van der Waals surface area contributed by atoms with Crippen LogP contribution in [0, 0.1) is 34.6 Å². The van der Waals surface area contributed by atoms with Gasteiger partial charge in [-0.2, -0.15) is 0 Å². The van der Waals surface area contributed by atoms with Gasteiger partial charge in [-0.05, 0) is 76.1 Å². The summed E-state index contributed by atoms with van der Waals surface area (Å²) in [5, 5.41) is 0. The van der Waals surface area contributed by atoms with Crippen molar-refractivity contribution >= 4 is 0 Å². The van der Waals surface area contributed by atoms with Crippen molar-refractivity contribution in [1.82, 2.24) is 4.98 Å². The largest absolute Gasteiger partial charge is 0.438 e. The van der Waals surface area contributed by atoms with Crippen molar-refractivity contribution in [3.05, 3.63) is 51.7 Å². The average Bonchev–Trinajstić information content (AvgIpc) is 2.60. The first-order chi connectivity index (χ1) is 12.4. The lowest BCUT2D eigenvalue weighted by Crippen LogP contribution is -2.05. The Balaban J connectivity index is 0.00000163. The highest BCUT2D eigenvalue weighted by Crippen LogP contribution is 2.35. The van der Waals surface area contributed by atoms with Gasteiger partial charge in [0.2, 0.25) is 5.88 Å². The Hall–Kier alpha value is -1.91. The van der Waals surface area contributed by atoms with Crippen LogP contribution in [0.15, 0.2) is 18.2 Å². The number of nitrogens with two attached hydrogens (primary N) is 2. The van der Waals surface area contributed by atoms with Crippen molar-refractivity contribution < 1.29 is 4.74 Å². The molecule has 4 N–H and O–H groups in total. The maximum Gasteiger partial charge on any atom is 0.222 e. The van der Waals surface area contributed by atoms with Gasteiger partial charge in [0.25, 0.3) is 0 Å². The summed E-state index contributed by atoms with van der Waals surface area (Å²) in [7, 11) is 0. The molecule has 1 aromatic carbocycles. The minimum Gasteiger partial charge on any atom is -0.438 e. The number of aryl methyl sites for hydroxylation is 4. The van der Waals surface area contributed by atoms with Crippen molar-refractivity contribution in [2.45, 2.75) is 73.6 Å². The minimum absolute atomic E-state index is 0.583. The number of benzene rings is 1. The van der Waals surface area contributed by atoms with Crippen molar-refractivity contribution in [3.8, 4) is 11.6 Å². The molecule has 0 saturated carbocycles. The summed E-state index contributed by atoms with van der Waals surface area (Å²) in [5.74, 6) is 10.3. The summed E-state index contributed by atoms with van der Waals surface area (Å²) in [5.41, 5.74) is 7.20. The summed E-state index contributed by atoms with van der Waals surface area (Å²) in [4.78, 5) is 4.69. The fourth-order valence-corrected chi connectivity index (χ4v) is 3.61. The Morgan fingerprint density at radius 2 is 1.54 bits per heavy atom. The maximum absolute atomic E-state index is 6.31. The van der Waals surface area contributed by atoms with Gasteiger partial charge in [0, 0.05) is 11.3 Å². The second-order valence-electron chi connectivity index (χ2n) is 7.01. The zero-order chi connectivity index (χ0) is 19.9. The predicted molar refractivity (Wildman–Crippen MR) is 111 cm³/mol. The van der Waals surface area contributed by atoms with Gasteiger partial charge >= 0.3 is 0 Å². The van der Waals surface area contributed by atoms with Gasteiger partial charge in [0.05, 0.1) is 0 Å². The van der Waals surface area contributed by atoms with Crippen molar-refractivity contribution in [3.63, 3.8) is 0 Å². The van der Waals surface area contributed by atoms with Crippen LogP contribution < -0.4 is 16.4 Å². The van der Waals surface area contributed by atoms with Crippen LogP contribution >= 0.6 is 0 Å². The number of hydrogen-bond acceptors (Lipinski definition) is 4. The average molecular weight is 358 g/mol. The molecule has 1 aromatic heterocycles. The fourth-order valence-electron chi connectivity index (χ4n) is 3.61. The van der Waals surface area contributed by atoms with Crippen molar-refractivity contribution in [1.29, 1.82) is 0 Å². The number of hydrazine groups is 1. The third-order valence-corrected chi connectivity index (χ3v) is 4.77. The van der Waals surface area contributed by atoms with Crippen molar-refractivity contribution in [2.24, 2.45) is 11.7 Å². The van der Waals surface area contributed by atoms with Gasteiger partial charge in [0.1, 0.15) is 5.75 Å². The first-order valence-electron chi connectivity index (χ1n) is 9.44. The maximum atomic E-state index is 6.31. The molecular weight excluding hydrogens is 322 g/mol. The highest BCUT2D eigenvalue weighted by Gasteiger charge is 2.17. The van der Waals surface area contributed by atoms with E-state index in [1.165, 1.54) is 29.5 Å². The van der Waals surface area contributed by atoms with E-state index in [0.29, 0.717) is 5.92 Å². The highest BCUT2D eigenvalue weighted by atomic mass is 16.5. The van der Waals surface area contributed by atoms with Gasteiger partial charge in [-0.25, -0.2) is 4.98 Å². The van der Waals surface area contributed by atoms with E-state index in [0.717, 1.165) is 34.9 Å². The molecule has 0 saturated heterocycles. The van der Waals surface area contributed by atoms with Crippen LogP contribution in [0.4, 0.5) is 0 Å².